The molecule has 0 spiro atoms. The molecule has 0 atom stereocenters. The van der Waals surface area contributed by atoms with E-state index in [1.165, 1.54) is 0 Å². The molecule has 0 amide bonds. The van der Waals surface area contributed by atoms with Crippen LogP contribution in [0.25, 0.3) is 0 Å². The molecule has 0 aromatic heterocycles. The molecule has 1 saturated carbocycles. The number of hydrogen-bond acceptors (Lipinski definition) is 4. The highest BCUT2D eigenvalue weighted by Gasteiger charge is 2.26. The van der Waals surface area contributed by atoms with Crippen LogP contribution < -0.4 is 5.32 Å². The molecule has 0 unspecified atom stereocenters. The van der Waals surface area contributed by atoms with Crippen LogP contribution in [-0.4, -0.2) is 18.6 Å². The van der Waals surface area contributed by atoms with E-state index in [-0.39, 0.29) is 11.9 Å². The second-order valence-electron chi connectivity index (χ2n) is 5.49. The fourth-order valence-electron chi connectivity index (χ4n) is 2.81. The first-order valence-corrected chi connectivity index (χ1v) is 7.62. The van der Waals surface area contributed by atoms with E-state index in [1.807, 2.05) is 31.2 Å². The molecule has 2 rings (SSSR count). The number of esters is 1. The number of rotatable bonds is 5. The average molecular weight is 286 g/mol. The van der Waals surface area contributed by atoms with E-state index in [1.54, 1.807) is 0 Å². The molecule has 0 aliphatic heterocycles. The van der Waals surface area contributed by atoms with Crippen molar-refractivity contribution in [2.75, 3.05) is 6.61 Å². The van der Waals surface area contributed by atoms with Crippen molar-refractivity contribution in [1.29, 1.82) is 5.26 Å². The first-order chi connectivity index (χ1) is 10.2. The number of nitriles is 1. The maximum atomic E-state index is 11.7. The van der Waals surface area contributed by atoms with Gasteiger partial charge in [0.05, 0.1) is 24.2 Å². The summed E-state index contributed by atoms with van der Waals surface area (Å²) in [5.74, 6) is 0.0302. The SMILES string of the molecule is CCOC(=O)C1CCC(NCc2cccc(C#N)c2)CC1. The van der Waals surface area contributed by atoms with Crippen molar-refractivity contribution < 1.29 is 9.53 Å². The van der Waals surface area contributed by atoms with Gasteiger partial charge < -0.3 is 10.1 Å². The predicted octanol–water partition coefficient (Wildman–Crippen LogP) is 2.77. The average Bonchev–Trinajstić information content (AvgIpc) is 2.54. The second-order valence-corrected chi connectivity index (χ2v) is 5.49. The maximum absolute atomic E-state index is 11.7. The molecule has 21 heavy (non-hydrogen) atoms. The maximum Gasteiger partial charge on any atom is 0.308 e. The highest BCUT2D eigenvalue weighted by Crippen LogP contribution is 2.25. The van der Waals surface area contributed by atoms with Gasteiger partial charge in [-0.15, -0.1) is 0 Å². The minimum Gasteiger partial charge on any atom is -0.466 e. The Morgan fingerprint density at radius 1 is 1.38 bits per heavy atom. The topological polar surface area (TPSA) is 62.1 Å². The predicted molar refractivity (Wildman–Crippen MR) is 80.4 cm³/mol. The van der Waals surface area contributed by atoms with Gasteiger partial charge in [0.1, 0.15) is 0 Å². The summed E-state index contributed by atoms with van der Waals surface area (Å²) in [6, 6.07) is 10.3. The van der Waals surface area contributed by atoms with Gasteiger partial charge in [-0.25, -0.2) is 0 Å². The molecule has 0 saturated heterocycles. The Morgan fingerprint density at radius 3 is 2.81 bits per heavy atom. The lowest BCUT2D eigenvalue weighted by molar-refractivity contribution is -0.149. The first-order valence-electron chi connectivity index (χ1n) is 7.62. The van der Waals surface area contributed by atoms with Crippen LogP contribution in [0.15, 0.2) is 24.3 Å². The van der Waals surface area contributed by atoms with Crippen LogP contribution in [0.1, 0.15) is 43.7 Å². The highest BCUT2D eigenvalue weighted by atomic mass is 16.5. The molecular formula is C17H22N2O2. The van der Waals surface area contributed by atoms with Crippen molar-refractivity contribution >= 4 is 5.97 Å². The van der Waals surface area contributed by atoms with Gasteiger partial charge in [0.15, 0.2) is 0 Å². The van der Waals surface area contributed by atoms with Gasteiger partial charge in [-0.05, 0) is 50.3 Å². The van der Waals surface area contributed by atoms with Gasteiger partial charge >= 0.3 is 5.97 Å². The molecule has 0 bridgehead atoms. The fraction of sp³-hybridized carbons (Fsp3) is 0.529. The lowest BCUT2D eigenvalue weighted by Crippen LogP contribution is -2.35. The Hall–Kier alpha value is -1.86. The summed E-state index contributed by atoms with van der Waals surface area (Å²) in [5, 5.41) is 12.4. The third-order valence-corrected chi connectivity index (χ3v) is 4.00. The van der Waals surface area contributed by atoms with Crippen LogP contribution in [0.3, 0.4) is 0 Å². The second kappa shape index (κ2) is 7.80. The lowest BCUT2D eigenvalue weighted by Gasteiger charge is -2.28. The van der Waals surface area contributed by atoms with Crippen molar-refractivity contribution in [3.8, 4) is 6.07 Å². The highest BCUT2D eigenvalue weighted by molar-refractivity contribution is 5.72. The number of ether oxygens (including phenoxy) is 1. The zero-order valence-electron chi connectivity index (χ0n) is 12.5. The van der Waals surface area contributed by atoms with E-state index in [2.05, 4.69) is 11.4 Å². The number of nitrogens with zero attached hydrogens (tertiary/aromatic N) is 1. The van der Waals surface area contributed by atoms with Crippen molar-refractivity contribution in [1.82, 2.24) is 5.32 Å². The van der Waals surface area contributed by atoms with Crippen LogP contribution >= 0.6 is 0 Å². The normalized spacial score (nSPS) is 21.5. The smallest absolute Gasteiger partial charge is 0.308 e. The summed E-state index contributed by atoms with van der Waals surface area (Å²) in [6.45, 7) is 3.08. The molecule has 112 valence electrons. The van der Waals surface area contributed by atoms with Crippen LogP contribution in [-0.2, 0) is 16.1 Å². The molecular weight excluding hydrogens is 264 g/mol. The summed E-state index contributed by atoms with van der Waals surface area (Å²) >= 11 is 0. The fourth-order valence-corrected chi connectivity index (χ4v) is 2.81. The Balaban J connectivity index is 1.76. The van der Waals surface area contributed by atoms with E-state index in [4.69, 9.17) is 10.00 Å². The van der Waals surface area contributed by atoms with Gasteiger partial charge in [-0.3, -0.25) is 4.79 Å². The summed E-state index contributed by atoms with van der Waals surface area (Å²) in [6.07, 6.45) is 3.80. The van der Waals surface area contributed by atoms with Crippen LogP contribution in [0.5, 0.6) is 0 Å². The Labute approximate surface area is 126 Å². The lowest BCUT2D eigenvalue weighted by atomic mass is 9.86. The molecule has 1 fully saturated rings. The largest absolute Gasteiger partial charge is 0.466 e. The minimum absolute atomic E-state index is 0.0438. The molecule has 0 radical (unpaired) electrons. The Bertz CT molecular complexity index is 514. The first kappa shape index (κ1) is 15.5. The van der Waals surface area contributed by atoms with E-state index >= 15 is 0 Å². The summed E-state index contributed by atoms with van der Waals surface area (Å²) in [4.78, 5) is 11.7. The number of nitrogens with one attached hydrogen (secondary N) is 1. The zero-order chi connectivity index (χ0) is 15.1. The van der Waals surface area contributed by atoms with Crippen LogP contribution in [0.4, 0.5) is 0 Å². The number of hydrogen-bond donors (Lipinski definition) is 1. The third-order valence-electron chi connectivity index (χ3n) is 4.00. The molecule has 4 nitrogen and oxygen atoms in total. The van der Waals surface area contributed by atoms with Gasteiger partial charge in [0, 0.05) is 12.6 Å². The summed E-state index contributed by atoms with van der Waals surface area (Å²) in [5.41, 5.74) is 1.82. The monoisotopic (exact) mass is 286 g/mol. The van der Waals surface area contributed by atoms with Crippen molar-refractivity contribution in [2.45, 2.75) is 45.2 Å². The van der Waals surface area contributed by atoms with Crippen molar-refractivity contribution in [2.24, 2.45) is 5.92 Å². The van der Waals surface area contributed by atoms with E-state index in [0.29, 0.717) is 18.2 Å². The third kappa shape index (κ3) is 4.57. The number of benzene rings is 1. The Morgan fingerprint density at radius 2 is 2.14 bits per heavy atom. The van der Waals surface area contributed by atoms with Crippen LogP contribution in [0.2, 0.25) is 0 Å². The van der Waals surface area contributed by atoms with Crippen molar-refractivity contribution in [3.63, 3.8) is 0 Å². The number of carbonyl (C=O) groups is 1. The number of carbonyl (C=O) groups excluding carboxylic acids is 1. The van der Waals surface area contributed by atoms with Crippen LogP contribution in [0, 0.1) is 17.2 Å². The molecule has 1 aromatic carbocycles. The van der Waals surface area contributed by atoms with E-state index in [0.717, 1.165) is 37.8 Å². The van der Waals surface area contributed by atoms with Crippen molar-refractivity contribution in [3.05, 3.63) is 35.4 Å². The minimum atomic E-state index is -0.0438. The van der Waals surface area contributed by atoms with Gasteiger partial charge in [0.2, 0.25) is 0 Å². The van der Waals surface area contributed by atoms with Gasteiger partial charge in [0.25, 0.3) is 0 Å². The molecule has 1 aliphatic carbocycles. The summed E-state index contributed by atoms with van der Waals surface area (Å²) < 4.78 is 5.08. The zero-order valence-corrected chi connectivity index (χ0v) is 12.5. The van der Waals surface area contributed by atoms with Gasteiger partial charge in [-0.2, -0.15) is 5.26 Å². The summed E-state index contributed by atoms with van der Waals surface area (Å²) in [7, 11) is 0. The molecule has 1 aromatic rings. The molecule has 4 heteroatoms. The molecule has 1 N–H and O–H groups in total. The van der Waals surface area contributed by atoms with Gasteiger partial charge in [-0.1, -0.05) is 12.1 Å². The quantitative estimate of drug-likeness (QED) is 0.845. The molecule has 1 aliphatic rings. The molecule has 0 heterocycles. The van der Waals surface area contributed by atoms with E-state index in [9.17, 15) is 4.79 Å². The standard InChI is InChI=1S/C17H22N2O2/c1-2-21-17(20)15-6-8-16(9-7-15)19-12-14-5-3-4-13(10-14)11-18/h3-5,10,15-16,19H,2,6-9,12H2,1H3. The Kier molecular flexibility index (Phi) is 5.77. The van der Waals surface area contributed by atoms with E-state index < -0.39 is 0 Å².